The van der Waals surface area contributed by atoms with Crippen molar-refractivity contribution in [3.63, 3.8) is 0 Å². The fourth-order valence-electron chi connectivity index (χ4n) is 2.31. The van der Waals surface area contributed by atoms with E-state index in [0.717, 1.165) is 31.5 Å². The fraction of sp³-hybridized carbons (Fsp3) is 0.500. The molecule has 18 heavy (non-hydrogen) atoms. The molecule has 0 unspecified atom stereocenters. The van der Waals surface area contributed by atoms with Crippen LogP contribution in [0.2, 0.25) is 0 Å². The van der Waals surface area contributed by atoms with Gasteiger partial charge in [-0.05, 0) is 18.4 Å². The highest BCUT2D eigenvalue weighted by atomic mass is 16.2. The summed E-state index contributed by atoms with van der Waals surface area (Å²) < 4.78 is 0. The van der Waals surface area contributed by atoms with Gasteiger partial charge in [0.25, 0.3) is 0 Å². The topological polar surface area (TPSA) is 49.6 Å². The van der Waals surface area contributed by atoms with E-state index in [1.165, 1.54) is 0 Å². The number of carbonyl (C=O) groups is 1. The molecular formula is C14H21N3O. The average molecular weight is 247 g/mol. The Morgan fingerprint density at radius 2 is 1.89 bits per heavy atom. The number of benzene rings is 1. The first kappa shape index (κ1) is 12.9. The SMILES string of the molecule is NCCN(Cc1ccccc1)C(=O)N1CCCC1. The highest BCUT2D eigenvalue weighted by Gasteiger charge is 2.23. The predicted molar refractivity (Wildman–Crippen MR) is 72.1 cm³/mol. The molecule has 1 aliphatic heterocycles. The number of urea groups is 1. The van der Waals surface area contributed by atoms with Gasteiger partial charge in [0.15, 0.2) is 0 Å². The van der Waals surface area contributed by atoms with Crippen LogP contribution >= 0.6 is 0 Å². The van der Waals surface area contributed by atoms with Gasteiger partial charge in [-0.3, -0.25) is 0 Å². The summed E-state index contributed by atoms with van der Waals surface area (Å²) in [6.45, 7) is 3.54. The van der Waals surface area contributed by atoms with E-state index in [1.54, 1.807) is 0 Å². The van der Waals surface area contributed by atoms with Gasteiger partial charge in [0.2, 0.25) is 0 Å². The minimum atomic E-state index is 0.127. The van der Waals surface area contributed by atoms with Crippen molar-refractivity contribution >= 4 is 6.03 Å². The lowest BCUT2D eigenvalue weighted by Gasteiger charge is -2.27. The molecule has 1 fully saturated rings. The minimum absolute atomic E-state index is 0.127. The predicted octanol–water partition coefficient (Wildman–Crippen LogP) is 1.66. The Morgan fingerprint density at radius 3 is 2.50 bits per heavy atom. The monoisotopic (exact) mass is 247 g/mol. The van der Waals surface area contributed by atoms with Gasteiger partial charge >= 0.3 is 6.03 Å². The fourth-order valence-corrected chi connectivity index (χ4v) is 2.31. The number of hydrogen-bond donors (Lipinski definition) is 1. The zero-order valence-corrected chi connectivity index (χ0v) is 10.7. The molecule has 4 nitrogen and oxygen atoms in total. The van der Waals surface area contributed by atoms with Crippen molar-refractivity contribution in [2.24, 2.45) is 5.73 Å². The number of nitrogens with zero attached hydrogens (tertiary/aromatic N) is 2. The smallest absolute Gasteiger partial charge is 0.320 e. The van der Waals surface area contributed by atoms with Crippen LogP contribution in [0.3, 0.4) is 0 Å². The van der Waals surface area contributed by atoms with Crippen LogP contribution in [0.15, 0.2) is 30.3 Å². The number of carbonyl (C=O) groups excluding carboxylic acids is 1. The summed E-state index contributed by atoms with van der Waals surface area (Å²) in [4.78, 5) is 16.1. The molecule has 98 valence electrons. The van der Waals surface area contributed by atoms with Crippen LogP contribution < -0.4 is 5.73 Å². The van der Waals surface area contributed by atoms with Crippen LogP contribution in [0.4, 0.5) is 4.79 Å². The van der Waals surface area contributed by atoms with E-state index < -0.39 is 0 Å². The molecule has 0 aromatic heterocycles. The van der Waals surface area contributed by atoms with Gasteiger partial charge in [-0.15, -0.1) is 0 Å². The number of hydrogen-bond acceptors (Lipinski definition) is 2. The molecule has 0 atom stereocenters. The standard InChI is InChI=1S/C14H21N3O/c15-8-11-17(12-13-6-2-1-3-7-13)14(18)16-9-4-5-10-16/h1-3,6-7H,4-5,8-12,15H2. The highest BCUT2D eigenvalue weighted by molar-refractivity contribution is 5.74. The molecule has 2 N–H and O–H groups in total. The van der Waals surface area contributed by atoms with E-state index in [1.807, 2.05) is 40.1 Å². The van der Waals surface area contributed by atoms with E-state index in [-0.39, 0.29) is 6.03 Å². The van der Waals surface area contributed by atoms with Gasteiger partial charge in [-0.25, -0.2) is 4.79 Å². The van der Waals surface area contributed by atoms with Crippen LogP contribution in [-0.2, 0) is 6.54 Å². The van der Waals surface area contributed by atoms with Gasteiger partial charge in [-0.2, -0.15) is 0 Å². The number of likely N-dealkylation sites (tertiary alicyclic amines) is 1. The molecule has 0 bridgehead atoms. The van der Waals surface area contributed by atoms with Gasteiger partial charge in [0, 0.05) is 32.7 Å². The zero-order valence-electron chi connectivity index (χ0n) is 10.7. The van der Waals surface area contributed by atoms with Crippen molar-refractivity contribution in [2.45, 2.75) is 19.4 Å². The summed E-state index contributed by atoms with van der Waals surface area (Å²) in [5.41, 5.74) is 6.76. The van der Waals surface area contributed by atoms with E-state index >= 15 is 0 Å². The average Bonchev–Trinajstić information content (AvgIpc) is 2.92. The van der Waals surface area contributed by atoms with Crippen molar-refractivity contribution in [3.05, 3.63) is 35.9 Å². The quantitative estimate of drug-likeness (QED) is 0.879. The van der Waals surface area contributed by atoms with Crippen LogP contribution in [0.5, 0.6) is 0 Å². The third-order valence-electron chi connectivity index (χ3n) is 3.26. The molecule has 1 heterocycles. The van der Waals surface area contributed by atoms with Gasteiger partial charge in [0.1, 0.15) is 0 Å². The minimum Gasteiger partial charge on any atom is -0.329 e. The number of rotatable bonds is 4. The summed E-state index contributed by atoms with van der Waals surface area (Å²) >= 11 is 0. The number of amides is 2. The van der Waals surface area contributed by atoms with Crippen molar-refractivity contribution < 1.29 is 4.79 Å². The molecule has 1 saturated heterocycles. The normalized spacial score (nSPS) is 14.8. The van der Waals surface area contributed by atoms with E-state index in [4.69, 9.17) is 5.73 Å². The molecule has 1 aliphatic rings. The first-order chi connectivity index (χ1) is 8.81. The third kappa shape index (κ3) is 3.23. The van der Waals surface area contributed by atoms with Crippen molar-refractivity contribution in [1.82, 2.24) is 9.80 Å². The molecular weight excluding hydrogens is 226 g/mol. The van der Waals surface area contributed by atoms with Crippen molar-refractivity contribution in [3.8, 4) is 0 Å². The van der Waals surface area contributed by atoms with E-state index in [2.05, 4.69) is 0 Å². The Balaban J connectivity index is 2.00. The van der Waals surface area contributed by atoms with Gasteiger partial charge in [0.05, 0.1) is 0 Å². The molecule has 2 amide bonds. The Hall–Kier alpha value is -1.55. The highest BCUT2D eigenvalue weighted by Crippen LogP contribution is 2.13. The van der Waals surface area contributed by atoms with Crippen molar-refractivity contribution in [2.75, 3.05) is 26.2 Å². The second-order valence-corrected chi connectivity index (χ2v) is 4.67. The summed E-state index contributed by atoms with van der Waals surface area (Å²) in [6, 6.07) is 10.2. The molecule has 4 heteroatoms. The number of nitrogens with two attached hydrogens (primary N) is 1. The van der Waals surface area contributed by atoms with Crippen LogP contribution in [-0.4, -0.2) is 42.0 Å². The van der Waals surface area contributed by atoms with Gasteiger partial charge < -0.3 is 15.5 Å². The second-order valence-electron chi connectivity index (χ2n) is 4.67. The van der Waals surface area contributed by atoms with Crippen LogP contribution in [0, 0.1) is 0 Å². The maximum absolute atomic E-state index is 12.3. The molecule has 0 spiro atoms. The summed E-state index contributed by atoms with van der Waals surface area (Å²) in [5, 5.41) is 0. The lowest BCUT2D eigenvalue weighted by atomic mass is 10.2. The molecule has 2 rings (SSSR count). The van der Waals surface area contributed by atoms with Gasteiger partial charge in [-0.1, -0.05) is 30.3 Å². The summed E-state index contributed by atoms with van der Waals surface area (Å²) in [6.07, 6.45) is 2.24. The Labute approximate surface area is 108 Å². The second kappa shape index (κ2) is 6.40. The maximum Gasteiger partial charge on any atom is 0.320 e. The third-order valence-corrected chi connectivity index (χ3v) is 3.26. The van der Waals surface area contributed by atoms with Crippen molar-refractivity contribution in [1.29, 1.82) is 0 Å². The summed E-state index contributed by atoms with van der Waals surface area (Å²) in [7, 11) is 0. The van der Waals surface area contributed by atoms with E-state index in [0.29, 0.717) is 19.6 Å². The lowest BCUT2D eigenvalue weighted by Crippen LogP contribution is -2.43. The Morgan fingerprint density at radius 1 is 1.22 bits per heavy atom. The van der Waals surface area contributed by atoms with Crippen LogP contribution in [0.1, 0.15) is 18.4 Å². The Bertz CT molecular complexity index is 374. The molecule has 0 radical (unpaired) electrons. The molecule has 0 saturated carbocycles. The first-order valence-corrected chi connectivity index (χ1v) is 6.59. The van der Waals surface area contributed by atoms with Crippen LogP contribution in [0.25, 0.3) is 0 Å². The zero-order chi connectivity index (χ0) is 12.8. The molecule has 1 aromatic carbocycles. The largest absolute Gasteiger partial charge is 0.329 e. The summed E-state index contributed by atoms with van der Waals surface area (Å²) in [5.74, 6) is 0. The molecule has 1 aromatic rings. The van der Waals surface area contributed by atoms with E-state index in [9.17, 15) is 4.79 Å². The molecule has 0 aliphatic carbocycles. The Kier molecular flexibility index (Phi) is 4.59. The maximum atomic E-state index is 12.3. The first-order valence-electron chi connectivity index (χ1n) is 6.59. The lowest BCUT2D eigenvalue weighted by molar-refractivity contribution is 0.161.